The third-order valence-electron chi connectivity index (χ3n) is 3.47. The van der Waals surface area contributed by atoms with E-state index in [1.807, 2.05) is 13.8 Å². The molecule has 2 fully saturated rings. The number of carbonyl (C=O) groups excluding carboxylic acids is 1. The molecule has 0 aromatic heterocycles. The second-order valence-corrected chi connectivity index (χ2v) is 5.05. The summed E-state index contributed by atoms with van der Waals surface area (Å²) in [6, 6.07) is 0. The highest BCUT2D eigenvalue weighted by Crippen LogP contribution is 2.23. The summed E-state index contributed by atoms with van der Waals surface area (Å²) in [6.07, 6.45) is 0.348. The Kier molecular flexibility index (Phi) is 4.01. The second kappa shape index (κ2) is 5.33. The highest BCUT2D eigenvalue weighted by molar-refractivity contribution is 5.81. The lowest BCUT2D eigenvalue weighted by Crippen LogP contribution is -2.53. The molecule has 4 unspecified atom stereocenters. The van der Waals surface area contributed by atoms with E-state index in [1.165, 1.54) is 0 Å². The molecule has 0 bridgehead atoms. The average molecular weight is 243 g/mol. The fraction of sp³-hybridized carbons (Fsp3) is 0.917. The molecule has 5 nitrogen and oxygen atoms in total. The molecular weight excluding hydrogens is 222 g/mol. The monoisotopic (exact) mass is 243 g/mol. The van der Waals surface area contributed by atoms with E-state index >= 15 is 0 Å². The summed E-state index contributed by atoms with van der Waals surface area (Å²) in [4.78, 5) is 14.0. The molecule has 2 aliphatic rings. The quantitative estimate of drug-likeness (QED) is 0.743. The van der Waals surface area contributed by atoms with Crippen LogP contribution in [-0.4, -0.2) is 60.5 Å². The third kappa shape index (κ3) is 2.78. The van der Waals surface area contributed by atoms with E-state index in [0.717, 1.165) is 6.42 Å². The fourth-order valence-corrected chi connectivity index (χ4v) is 2.52. The molecule has 0 aromatic carbocycles. The highest BCUT2D eigenvalue weighted by atomic mass is 16.5. The van der Waals surface area contributed by atoms with Gasteiger partial charge in [-0.25, -0.2) is 0 Å². The first-order valence-corrected chi connectivity index (χ1v) is 6.28. The fourth-order valence-electron chi connectivity index (χ4n) is 2.52. The van der Waals surface area contributed by atoms with Gasteiger partial charge in [-0.15, -0.1) is 0 Å². The molecule has 0 radical (unpaired) electrons. The Morgan fingerprint density at radius 1 is 1.41 bits per heavy atom. The molecule has 2 heterocycles. The third-order valence-corrected chi connectivity index (χ3v) is 3.47. The van der Waals surface area contributed by atoms with Crippen LogP contribution in [-0.2, 0) is 14.3 Å². The Bertz CT molecular complexity index is 284. The first kappa shape index (κ1) is 12.8. The smallest absolute Gasteiger partial charge is 0.252 e. The van der Waals surface area contributed by atoms with E-state index in [1.54, 1.807) is 4.90 Å². The zero-order valence-electron chi connectivity index (χ0n) is 10.5. The zero-order chi connectivity index (χ0) is 12.4. The number of ether oxygens (including phenoxy) is 2. The molecule has 2 saturated heterocycles. The number of aliphatic hydroxyl groups is 1. The van der Waals surface area contributed by atoms with E-state index in [0.29, 0.717) is 19.7 Å². The number of morpholine rings is 1. The molecule has 2 aliphatic heterocycles. The van der Waals surface area contributed by atoms with Crippen molar-refractivity contribution in [2.75, 3.05) is 26.3 Å². The lowest BCUT2D eigenvalue weighted by atomic mass is 10.0. The van der Waals surface area contributed by atoms with Gasteiger partial charge in [-0.05, 0) is 19.3 Å². The van der Waals surface area contributed by atoms with Crippen LogP contribution < -0.4 is 0 Å². The summed E-state index contributed by atoms with van der Waals surface area (Å²) in [5.74, 6) is 0.330. The maximum Gasteiger partial charge on any atom is 0.252 e. The number of aliphatic hydroxyl groups excluding tert-OH is 1. The lowest BCUT2D eigenvalue weighted by molar-refractivity contribution is -0.157. The maximum absolute atomic E-state index is 12.3. The van der Waals surface area contributed by atoms with Gasteiger partial charge in [0.25, 0.3) is 5.91 Å². The van der Waals surface area contributed by atoms with Crippen molar-refractivity contribution in [3.63, 3.8) is 0 Å². The van der Waals surface area contributed by atoms with Crippen molar-refractivity contribution >= 4 is 5.91 Å². The predicted octanol–water partition coefficient (Wildman–Crippen LogP) is 0.0196. The minimum atomic E-state index is -0.306. The molecule has 0 aliphatic carbocycles. The van der Waals surface area contributed by atoms with Crippen molar-refractivity contribution in [1.29, 1.82) is 0 Å². The van der Waals surface area contributed by atoms with Crippen LogP contribution in [0.5, 0.6) is 0 Å². The molecule has 4 atom stereocenters. The molecule has 0 spiro atoms. The van der Waals surface area contributed by atoms with Crippen LogP contribution in [0, 0.1) is 5.92 Å². The van der Waals surface area contributed by atoms with Crippen molar-refractivity contribution in [2.24, 2.45) is 5.92 Å². The maximum atomic E-state index is 12.3. The zero-order valence-corrected chi connectivity index (χ0v) is 10.5. The summed E-state index contributed by atoms with van der Waals surface area (Å²) < 4.78 is 11.0. The standard InChI is InChI=1S/C12H21NO4/c1-8-3-4-16-11(8)12(15)13-5-9(2)17-10(6-13)7-14/h8-11,14H,3-7H2,1-2H3. The van der Waals surface area contributed by atoms with E-state index in [2.05, 4.69) is 0 Å². The van der Waals surface area contributed by atoms with Gasteiger partial charge in [0.2, 0.25) is 0 Å². The number of hydrogen-bond acceptors (Lipinski definition) is 4. The van der Waals surface area contributed by atoms with Gasteiger partial charge in [0.1, 0.15) is 6.10 Å². The van der Waals surface area contributed by atoms with Crippen molar-refractivity contribution in [2.45, 2.75) is 38.6 Å². The molecular formula is C12H21NO4. The topological polar surface area (TPSA) is 59.0 Å². The molecule has 0 aromatic rings. The van der Waals surface area contributed by atoms with E-state index in [-0.39, 0.29) is 36.7 Å². The number of hydrogen-bond donors (Lipinski definition) is 1. The van der Waals surface area contributed by atoms with Gasteiger partial charge in [-0.3, -0.25) is 4.79 Å². The predicted molar refractivity (Wildman–Crippen MR) is 61.5 cm³/mol. The minimum Gasteiger partial charge on any atom is -0.394 e. The Morgan fingerprint density at radius 2 is 2.18 bits per heavy atom. The summed E-state index contributed by atoms with van der Waals surface area (Å²) in [7, 11) is 0. The summed E-state index contributed by atoms with van der Waals surface area (Å²) in [5.41, 5.74) is 0. The van der Waals surface area contributed by atoms with Gasteiger partial charge in [0, 0.05) is 19.7 Å². The van der Waals surface area contributed by atoms with Gasteiger partial charge < -0.3 is 19.5 Å². The Labute approximate surface area is 102 Å². The van der Waals surface area contributed by atoms with Crippen molar-refractivity contribution < 1.29 is 19.4 Å². The van der Waals surface area contributed by atoms with Crippen LogP contribution in [0.2, 0.25) is 0 Å². The molecule has 5 heteroatoms. The van der Waals surface area contributed by atoms with Gasteiger partial charge in [0.05, 0.1) is 18.8 Å². The van der Waals surface area contributed by atoms with Gasteiger partial charge in [-0.1, -0.05) is 6.92 Å². The number of amides is 1. The SMILES string of the molecule is CC1CN(C(=O)C2OCCC2C)CC(CO)O1. The lowest BCUT2D eigenvalue weighted by Gasteiger charge is -2.37. The first-order chi connectivity index (χ1) is 8.11. The van der Waals surface area contributed by atoms with E-state index in [4.69, 9.17) is 14.6 Å². The Morgan fingerprint density at radius 3 is 2.76 bits per heavy atom. The van der Waals surface area contributed by atoms with Crippen LogP contribution in [0.3, 0.4) is 0 Å². The number of nitrogens with zero attached hydrogens (tertiary/aromatic N) is 1. The van der Waals surface area contributed by atoms with E-state index in [9.17, 15) is 4.79 Å². The summed E-state index contributed by atoms with van der Waals surface area (Å²) in [6.45, 7) is 5.63. The largest absolute Gasteiger partial charge is 0.394 e. The van der Waals surface area contributed by atoms with Crippen molar-refractivity contribution in [3.05, 3.63) is 0 Å². The molecule has 98 valence electrons. The second-order valence-electron chi connectivity index (χ2n) is 5.05. The normalized spacial score (nSPS) is 38.4. The molecule has 2 rings (SSSR count). The first-order valence-electron chi connectivity index (χ1n) is 6.28. The van der Waals surface area contributed by atoms with Crippen LogP contribution >= 0.6 is 0 Å². The molecule has 17 heavy (non-hydrogen) atoms. The van der Waals surface area contributed by atoms with Gasteiger partial charge >= 0.3 is 0 Å². The number of carbonyl (C=O) groups is 1. The minimum absolute atomic E-state index is 0.0263. The van der Waals surface area contributed by atoms with Crippen LogP contribution in [0.25, 0.3) is 0 Å². The number of rotatable bonds is 2. The summed E-state index contributed by atoms with van der Waals surface area (Å²) in [5, 5.41) is 9.13. The van der Waals surface area contributed by atoms with Gasteiger partial charge in [-0.2, -0.15) is 0 Å². The summed E-state index contributed by atoms with van der Waals surface area (Å²) >= 11 is 0. The Balaban J connectivity index is 1.98. The van der Waals surface area contributed by atoms with Gasteiger partial charge in [0.15, 0.2) is 0 Å². The van der Waals surface area contributed by atoms with Crippen LogP contribution in [0.1, 0.15) is 20.3 Å². The van der Waals surface area contributed by atoms with E-state index < -0.39 is 0 Å². The average Bonchev–Trinajstić information content (AvgIpc) is 2.73. The van der Waals surface area contributed by atoms with Crippen LogP contribution in [0.15, 0.2) is 0 Å². The molecule has 0 saturated carbocycles. The van der Waals surface area contributed by atoms with Crippen molar-refractivity contribution in [3.8, 4) is 0 Å². The molecule has 1 amide bonds. The van der Waals surface area contributed by atoms with Crippen LogP contribution in [0.4, 0.5) is 0 Å². The van der Waals surface area contributed by atoms with Crippen molar-refractivity contribution in [1.82, 2.24) is 4.90 Å². The molecule has 1 N–H and O–H groups in total. The Hall–Kier alpha value is -0.650. The highest BCUT2D eigenvalue weighted by Gasteiger charge is 2.37.